The molecule has 3 aromatic carbocycles. The Bertz CT molecular complexity index is 1510. The standard InChI is InChI=1S/C23H17N7O3/c31-21-16(9-6-12-19(21)30(32)33)13-24-27-23-25-22-20(26-28-23)17-10-4-5-11-18(17)29(22)14-15-7-2-1-3-8-15/h1-13,31H,14H2,(H,25,27,28)/b24-13-. The lowest BCUT2D eigenvalue weighted by Gasteiger charge is -2.07. The molecule has 0 aliphatic heterocycles. The second kappa shape index (κ2) is 8.35. The fourth-order valence-electron chi connectivity index (χ4n) is 3.64. The first-order valence-corrected chi connectivity index (χ1v) is 10.0. The maximum atomic E-state index is 11.0. The Balaban J connectivity index is 1.50. The molecule has 162 valence electrons. The number of nitro groups is 1. The van der Waals surface area contributed by atoms with E-state index in [1.54, 1.807) is 0 Å². The van der Waals surface area contributed by atoms with E-state index in [1.165, 1.54) is 24.4 Å². The number of hydrogen-bond acceptors (Lipinski definition) is 8. The number of nitro benzene ring substituents is 1. The van der Waals surface area contributed by atoms with Gasteiger partial charge in [-0.2, -0.15) is 10.1 Å². The summed E-state index contributed by atoms with van der Waals surface area (Å²) >= 11 is 0. The molecule has 33 heavy (non-hydrogen) atoms. The van der Waals surface area contributed by atoms with Crippen LogP contribution in [0.4, 0.5) is 11.6 Å². The molecule has 0 fully saturated rings. The smallest absolute Gasteiger partial charge is 0.311 e. The normalized spacial score (nSPS) is 11.4. The zero-order valence-corrected chi connectivity index (χ0v) is 17.2. The third-order valence-electron chi connectivity index (χ3n) is 5.17. The van der Waals surface area contributed by atoms with Gasteiger partial charge >= 0.3 is 5.69 Å². The van der Waals surface area contributed by atoms with Gasteiger partial charge in [0.2, 0.25) is 5.75 Å². The van der Waals surface area contributed by atoms with Crippen LogP contribution in [0.1, 0.15) is 11.1 Å². The average Bonchev–Trinajstić information content (AvgIpc) is 3.14. The number of nitrogens with one attached hydrogen (secondary N) is 1. The van der Waals surface area contributed by atoms with E-state index in [0.717, 1.165) is 16.5 Å². The largest absolute Gasteiger partial charge is 0.502 e. The predicted octanol–water partition coefficient (Wildman–Crippen LogP) is 4.09. The van der Waals surface area contributed by atoms with E-state index in [-0.39, 0.29) is 11.5 Å². The van der Waals surface area contributed by atoms with E-state index in [1.807, 2.05) is 54.6 Å². The minimum absolute atomic E-state index is 0.154. The molecule has 0 atom stereocenters. The lowest BCUT2D eigenvalue weighted by molar-refractivity contribution is -0.385. The lowest BCUT2D eigenvalue weighted by atomic mass is 10.2. The Hall–Kier alpha value is -4.86. The Morgan fingerprint density at radius 3 is 2.64 bits per heavy atom. The molecular formula is C23H17N7O3. The van der Waals surface area contributed by atoms with Gasteiger partial charge < -0.3 is 9.67 Å². The molecule has 5 rings (SSSR count). The maximum absolute atomic E-state index is 11.0. The van der Waals surface area contributed by atoms with Crippen molar-refractivity contribution in [3.8, 4) is 5.75 Å². The third-order valence-corrected chi connectivity index (χ3v) is 5.17. The highest BCUT2D eigenvalue weighted by atomic mass is 16.6. The Morgan fingerprint density at radius 2 is 1.82 bits per heavy atom. The molecule has 0 unspecified atom stereocenters. The predicted molar refractivity (Wildman–Crippen MR) is 124 cm³/mol. The molecular weight excluding hydrogens is 422 g/mol. The first-order valence-electron chi connectivity index (χ1n) is 10.0. The van der Waals surface area contributed by atoms with Gasteiger partial charge in [-0.15, -0.1) is 10.2 Å². The number of anilines is 1. The molecule has 0 spiro atoms. The summed E-state index contributed by atoms with van der Waals surface area (Å²) in [5.41, 5.74) is 5.89. The first kappa shape index (κ1) is 20.1. The van der Waals surface area contributed by atoms with Gasteiger partial charge in [-0.1, -0.05) is 54.6 Å². The number of benzene rings is 3. The number of para-hydroxylation sites is 2. The molecule has 0 amide bonds. The number of aromatic hydroxyl groups is 1. The molecule has 0 aliphatic rings. The summed E-state index contributed by atoms with van der Waals surface area (Å²) in [6.45, 7) is 0.605. The fourth-order valence-corrected chi connectivity index (χ4v) is 3.64. The number of fused-ring (bicyclic) bond motifs is 3. The van der Waals surface area contributed by atoms with Crippen LogP contribution in [-0.4, -0.2) is 36.0 Å². The van der Waals surface area contributed by atoms with Crippen LogP contribution >= 0.6 is 0 Å². The van der Waals surface area contributed by atoms with Crippen LogP contribution in [0.3, 0.4) is 0 Å². The van der Waals surface area contributed by atoms with Gasteiger partial charge in [0.1, 0.15) is 5.52 Å². The van der Waals surface area contributed by atoms with Gasteiger partial charge in [0.25, 0.3) is 5.95 Å². The molecule has 2 aromatic heterocycles. The summed E-state index contributed by atoms with van der Waals surface area (Å²) in [7, 11) is 0. The van der Waals surface area contributed by atoms with Crippen LogP contribution in [-0.2, 0) is 6.54 Å². The van der Waals surface area contributed by atoms with Crippen LogP contribution in [0.15, 0.2) is 77.9 Å². The van der Waals surface area contributed by atoms with Crippen LogP contribution in [0.25, 0.3) is 22.1 Å². The van der Waals surface area contributed by atoms with Gasteiger partial charge in [0, 0.05) is 23.6 Å². The zero-order valence-electron chi connectivity index (χ0n) is 17.2. The number of nitrogens with zero attached hydrogens (tertiary/aromatic N) is 6. The Kier molecular flexibility index (Phi) is 5.07. The van der Waals surface area contributed by atoms with Crippen LogP contribution in [0, 0.1) is 10.1 Å². The summed E-state index contributed by atoms with van der Waals surface area (Å²) in [4.78, 5) is 14.9. The Labute approximate surface area is 187 Å². The minimum atomic E-state index is -0.660. The zero-order chi connectivity index (χ0) is 22.8. The second-order valence-corrected chi connectivity index (χ2v) is 7.24. The van der Waals surface area contributed by atoms with E-state index < -0.39 is 16.4 Å². The van der Waals surface area contributed by atoms with Crippen molar-refractivity contribution in [2.45, 2.75) is 6.54 Å². The van der Waals surface area contributed by atoms with Crippen LogP contribution in [0.5, 0.6) is 5.75 Å². The van der Waals surface area contributed by atoms with Crippen molar-refractivity contribution in [3.63, 3.8) is 0 Å². The van der Waals surface area contributed by atoms with Crippen LogP contribution in [0.2, 0.25) is 0 Å². The van der Waals surface area contributed by atoms with Gasteiger partial charge in [-0.3, -0.25) is 10.1 Å². The van der Waals surface area contributed by atoms with E-state index in [4.69, 9.17) is 0 Å². The van der Waals surface area contributed by atoms with Crippen molar-refractivity contribution in [2.24, 2.45) is 5.10 Å². The summed E-state index contributed by atoms with van der Waals surface area (Å²) in [5, 5.41) is 34.4. The van der Waals surface area contributed by atoms with E-state index in [9.17, 15) is 15.2 Å². The van der Waals surface area contributed by atoms with Gasteiger partial charge in [-0.05, 0) is 17.7 Å². The third kappa shape index (κ3) is 3.81. The number of rotatable bonds is 6. The number of phenolic OH excluding ortho intramolecular Hbond substituents is 1. The van der Waals surface area contributed by atoms with Crippen molar-refractivity contribution in [2.75, 3.05) is 5.43 Å². The number of aromatic nitrogens is 4. The van der Waals surface area contributed by atoms with Crippen molar-refractivity contribution in [1.82, 2.24) is 19.7 Å². The Morgan fingerprint density at radius 1 is 1.03 bits per heavy atom. The molecule has 0 saturated carbocycles. The van der Waals surface area contributed by atoms with Crippen molar-refractivity contribution in [1.29, 1.82) is 0 Å². The molecule has 2 N–H and O–H groups in total. The number of phenols is 1. The highest BCUT2D eigenvalue weighted by molar-refractivity contribution is 6.04. The van der Waals surface area contributed by atoms with E-state index in [0.29, 0.717) is 17.7 Å². The average molecular weight is 439 g/mol. The van der Waals surface area contributed by atoms with Crippen molar-refractivity contribution < 1.29 is 10.0 Å². The molecule has 0 bridgehead atoms. The highest BCUT2D eigenvalue weighted by Crippen LogP contribution is 2.29. The van der Waals surface area contributed by atoms with Crippen molar-refractivity contribution >= 4 is 39.9 Å². The van der Waals surface area contributed by atoms with E-state index in [2.05, 4.69) is 30.3 Å². The molecule has 2 heterocycles. The lowest BCUT2D eigenvalue weighted by Crippen LogP contribution is -2.04. The molecule has 0 aliphatic carbocycles. The molecule has 0 saturated heterocycles. The van der Waals surface area contributed by atoms with Gasteiger partial charge in [0.05, 0.1) is 16.7 Å². The monoisotopic (exact) mass is 439 g/mol. The summed E-state index contributed by atoms with van der Waals surface area (Å²) < 4.78 is 2.07. The molecule has 5 aromatic rings. The topological polar surface area (TPSA) is 131 Å². The molecule has 10 nitrogen and oxygen atoms in total. The molecule has 10 heteroatoms. The number of hydrazone groups is 1. The van der Waals surface area contributed by atoms with Crippen molar-refractivity contribution in [3.05, 3.63) is 94.0 Å². The molecule has 0 radical (unpaired) electrons. The SMILES string of the molecule is O=[N+]([O-])c1cccc(/C=N\Nc2nnc3c4ccccc4n(Cc4ccccc4)c3n2)c1O. The number of hydrogen-bond donors (Lipinski definition) is 2. The highest BCUT2D eigenvalue weighted by Gasteiger charge is 2.16. The first-order chi connectivity index (χ1) is 16.1. The van der Waals surface area contributed by atoms with Gasteiger partial charge in [-0.25, -0.2) is 5.43 Å². The summed E-state index contributed by atoms with van der Waals surface area (Å²) in [6, 6.07) is 22.1. The minimum Gasteiger partial charge on any atom is -0.502 e. The maximum Gasteiger partial charge on any atom is 0.311 e. The van der Waals surface area contributed by atoms with Crippen LogP contribution < -0.4 is 5.43 Å². The van der Waals surface area contributed by atoms with Gasteiger partial charge in [0.15, 0.2) is 5.65 Å². The fraction of sp³-hybridized carbons (Fsp3) is 0.0435. The summed E-state index contributed by atoms with van der Waals surface area (Å²) in [5.74, 6) is -0.314. The quantitative estimate of drug-likeness (QED) is 0.231. The van der Waals surface area contributed by atoms with E-state index >= 15 is 0 Å². The summed E-state index contributed by atoms with van der Waals surface area (Å²) in [6.07, 6.45) is 1.26. The second-order valence-electron chi connectivity index (χ2n) is 7.24.